The molecule has 0 saturated heterocycles. The highest BCUT2D eigenvalue weighted by atomic mass is 16.6. The Bertz CT molecular complexity index is 1260. The highest BCUT2D eigenvalue weighted by Crippen LogP contribution is 2.34. The Morgan fingerprint density at radius 3 is 2.64 bits per heavy atom. The van der Waals surface area contributed by atoms with Crippen LogP contribution in [0.3, 0.4) is 0 Å². The van der Waals surface area contributed by atoms with Crippen LogP contribution >= 0.6 is 0 Å². The van der Waals surface area contributed by atoms with E-state index in [1.54, 1.807) is 4.90 Å². The average Bonchev–Trinajstić information content (AvgIpc) is 3.34. The smallest absolute Gasteiger partial charge is 0.405 e. The molecule has 1 amide bonds. The summed E-state index contributed by atoms with van der Waals surface area (Å²) in [6.45, 7) is 11.4. The van der Waals surface area contributed by atoms with Crippen molar-refractivity contribution in [3.8, 4) is 0 Å². The number of ether oxygens (including phenoxy) is 1. The van der Waals surface area contributed by atoms with Gasteiger partial charge in [-0.2, -0.15) is 4.57 Å². The van der Waals surface area contributed by atoms with E-state index in [1.165, 1.54) is 0 Å². The molecule has 3 aromatic rings. The van der Waals surface area contributed by atoms with Crippen LogP contribution in [0.1, 0.15) is 62.2 Å². The Balaban J connectivity index is 1.56. The lowest BCUT2D eigenvalue weighted by atomic mass is 9.85. The summed E-state index contributed by atoms with van der Waals surface area (Å²) in [5, 5.41) is 1.04. The minimum absolute atomic E-state index is 0.000768. The van der Waals surface area contributed by atoms with Crippen LogP contribution in [0.2, 0.25) is 0 Å². The van der Waals surface area contributed by atoms with Crippen molar-refractivity contribution in [2.24, 2.45) is 24.6 Å². The van der Waals surface area contributed by atoms with E-state index in [-0.39, 0.29) is 29.8 Å². The number of aromatic nitrogens is 3. The zero-order valence-electron chi connectivity index (χ0n) is 22.4. The van der Waals surface area contributed by atoms with Crippen molar-refractivity contribution in [3.63, 3.8) is 0 Å². The van der Waals surface area contributed by atoms with Gasteiger partial charge >= 0.3 is 6.09 Å². The summed E-state index contributed by atoms with van der Waals surface area (Å²) in [4.78, 5) is 28.2. The Hall–Kier alpha value is -3.13. The van der Waals surface area contributed by atoms with Gasteiger partial charge < -0.3 is 19.9 Å². The van der Waals surface area contributed by atoms with Crippen molar-refractivity contribution >= 4 is 22.8 Å². The molecular weight excluding hydrogens is 454 g/mol. The van der Waals surface area contributed by atoms with Gasteiger partial charge in [0.1, 0.15) is 18.9 Å². The zero-order chi connectivity index (χ0) is 26.1. The molecule has 4 rings (SSSR count). The number of aryl methyl sites for hydroxylation is 1. The molecule has 1 aliphatic rings. The number of ketones is 1. The Kier molecular flexibility index (Phi) is 7.54. The highest BCUT2D eigenvalue weighted by molar-refractivity contribution is 6.11. The second kappa shape index (κ2) is 10.5. The van der Waals surface area contributed by atoms with Gasteiger partial charge in [0, 0.05) is 61.2 Å². The lowest BCUT2D eigenvalue weighted by Crippen LogP contribution is -2.44. The third-order valence-corrected chi connectivity index (χ3v) is 7.48. The van der Waals surface area contributed by atoms with Crippen molar-refractivity contribution in [1.82, 2.24) is 14.0 Å². The van der Waals surface area contributed by atoms with E-state index in [2.05, 4.69) is 28.3 Å². The number of carbonyl (C=O) groups excluding carboxylic acids is 2. The lowest BCUT2D eigenvalue weighted by molar-refractivity contribution is -0.706. The van der Waals surface area contributed by atoms with Crippen LogP contribution in [-0.2, 0) is 24.8 Å². The Labute approximate surface area is 213 Å². The molecule has 8 heteroatoms. The largest absolute Gasteiger partial charge is 0.413 e. The number of carbonyl (C=O) groups is 2. The number of hydrogen-bond donors (Lipinski definition) is 1. The summed E-state index contributed by atoms with van der Waals surface area (Å²) in [6, 6.07) is 8.15. The molecule has 2 heterocycles. The first-order chi connectivity index (χ1) is 17.1. The predicted molar refractivity (Wildman–Crippen MR) is 140 cm³/mol. The van der Waals surface area contributed by atoms with Crippen LogP contribution in [0.15, 0.2) is 36.7 Å². The molecule has 1 aliphatic carbocycles. The summed E-state index contributed by atoms with van der Waals surface area (Å²) in [5.74, 6) is 1.14. The molecule has 2 aromatic heterocycles. The second-order valence-corrected chi connectivity index (χ2v) is 10.5. The number of benzene rings is 1. The zero-order valence-corrected chi connectivity index (χ0v) is 22.4. The van der Waals surface area contributed by atoms with Crippen LogP contribution in [0.4, 0.5) is 4.79 Å². The van der Waals surface area contributed by atoms with E-state index in [4.69, 9.17) is 10.5 Å². The molecule has 2 atom stereocenters. The summed E-state index contributed by atoms with van der Waals surface area (Å²) in [5.41, 5.74) is 8.83. The number of nitrogens with zero attached hydrogens (tertiary/aromatic N) is 4. The van der Waals surface area contributed by atoms with Gasteiger partial charge in [-0.15, -0.1) is 0 Å². The fourth-order valence-electron chi connectivity index (χ4n) is 5.43. The maximum absolute atomic E-state index is 13.6. The number of para-hydroxylation sites is 1. The van der Waals surface area contributed by atoms with Crippen molar-refractivity contribution in [1.29, 1.82) is 0 Å². The standard InChI is InChI=1S/C28H40N5O3/c1-18(2)27(36-28(35)32(14-13-29)19(3)4)33-16-15-31(20(33)5)17-21-11-12-24-25(26(21)34)22-9-7-8-10-23(22)30(24)6/h7-10,15-16,18-19,21,27H,11-14,17,29H2,1-6H3/q+1. The first kappa shape index (κ1) is 25.9. The third-order valence-electron chi connectivity index (χ3n) is 7.48. The van der Waals surface area contributed by atoms with E-state index >= 15 is 0 Å². The first-order valence-corrected chi connectivity index (χ1v) is 13.0. The lowest BCUT2D eigenvalue weighted by Gasteiger charge is -2.28. The summed E-state index contributed by atoms with van der Waals surface area (Å²) < 4.78 is 12.3. The first-order valence-electron chi connectivity index (χ1n) is 13.0. The average molecular weight is 495 g/mol. The molecule has 0 aliphatic heterocycles. The summed E-state index contributed by atoms with van der Waals surface area (Å²) >= 11 is 0. The molecule has 0 spiro atoms. The predicted octanol–water partition coefficient (Wildman–Crippen LogP) is 3.98. The van der Waals surface area contributed by atoms with Crippen LogP contribution in [0, 0.1) is 18.8 Å². The minimum atomic E-state index is -0.454. The molecular formula is C28H40N5O3+. The van der Waals surface area contributed by atoms with E-state index in [1.807, 2.05) is 63.7 Å². The number of amides is 1. The molecule has 0 bridgehead atoms. The molecule has 194 valence electrons. The molecule has 0 fully saturated rings. The fourth-order valence-corrected chi connectivity index (χ4v) is 5.43. The number of rotatable bonds is 8. The second-order valence-electron chi connectivity index (χ2n) is 10.5. The van der Waals surface area contributed by atoms with Gasteiger partial charge in [0.15, 0.2) is 5.78 Å². The van der Waals surface area contributed by atoms with Gasteiger partial charge in [-0.1, -0.05) is 32.0 Å². The Morgan fingerprint density at radius 2 is 1.97 bits per heavy atom. The van der Waals surface area contributed by atoms with Gasteiger partial charge in [0.25, 0.3) is 5.82 Å². The van der Waals surface area contributed by atoms with Crippen molar-refractivity contribution in [2.45, 2.75) is 66.3 Å². The van der Waals surface area contributed by atoms with E-state index in [0.29, 0.717) is 19.6 Å². The topological polar surface area (TPSA) is 86.4 Å². The van der Waals surface area contributed by atoms with E-state index < -0.39 is 6.23 Å². The van der Waals surface area contributed by atoms with Gasteiger partial charge in [-0.3, -0.25) is 4.79 Å². The van der Waals surface area contributed by atoms with Crippen LogP contribution in [0.25, 0.3) is 10.9 Å². The SMILES string of the molecule is Cc1n(C(OC(=O)N(CCN)C(C)C)C(C)C)cc[n+]1CC1CCc2c(c3ccccc3n2C)C1=O. The molecule has 0 saturated carbocycles. The molecule has 0 radical (unpaired) electrons. The quantitative estimate of drug-likeness (QED) is 0.480. The minimum Gasteiger partial charge on any atom is -0.405 e. The summed E-state index contributed by atoms with van der Waals surface area (Å²) in [7, 11) is 2.05. The van der Waals surface area contributed by atoms with E-state index in [0.717, 1.165) is 40.8 Å². The number of fused-ring (bicyclic) bond motifs is 3. The van der Waals surface area contributed by atoms with Crippen molar-refractivity contribution < 1.29 is 18.9 Å². The van der Waals surface area contributed by atoms with Crippen LogP contribution in [0.5, 0.6) is 0 Å². The Morgan fingerprint density at radius 1 is 1.25 bits per heavy atom. The third kappa shape index (κ3) is 4.66. The maximum atomic E-state index is 13.6. The van der Waals surface area contributed by atoms with Crippen molar-refractivity contribution in [3.05, 3.63) is 53.7 Å². The molecule has 8 nitrogen and oxygen atoms in total. The fraction of sp³-hybridized carbons (Fsp3) is 0.536. The van der Waals surface area contributed by atoms with Gasteiger partial charge in [0.05, 0.1) is 5.92 Å². The number of imidazole rings is 1. The van der Waals surface area contributed by atoms with Crippen LogP contribution < -0.4 is 10.3 Å². The van der Waals surface area contributed by atoms with Crippen molar-refractivity contribution in [2.75, 3.05) is 13.1 Å². The number of hydrogen-bond acceptors (Lipinski definition) is 4. The molecule has 2 unspecified atom stereocenters. The molecule has 36 heavy (non-hydrogen) atoms. The van der Waals surface area contributed by atoms with E-state index in [9.17, 15) is 9.59 Å². The van der Waals surface area contributed by atoms with Gasteiger partial charge in [0.2, 0.25) is 6.23 Å². The number of nitrogens with two attached hydrogens (primary N) is 1. The maximum Gasteiger partial charge on any atom is 0.413 e. The monoisotopic (exact) mass is 494 g/mol. The van der Waals surface area contributed by atoms with Crippen LogP contribution in [-0.4, -0.2) is 45.0 Å². The molecule has 1 aromatic carbocycles. The number of Topliss-reactive ketones (excluding diaryl/α,β-unsaturated/α-hetero) is 1. The van der Waals surface area contributed by atoms with Gasteiger partial charge in [-0.25, -0.2) is 9.36 Å². The highest BCUT2D eigenvalue weighted by Gasteiger charge is 2.35. The van der Waals surface area contributed by atoms with Gasteiger partial charge in [-0.05, 0) is 32.8 Å². The molecule has 2 N–H and O–H groups in total. The summed E-state index contributed by atoms with van der Waals surface area (Å²) in [6.07, 6.45) is 4.83. The normalized spacial score (nSPS) is 16.6.